The smallest absolute Gasteiger partial charge is 0.414 e. The van der Waals surface area contributed by atoms with Crippen LogP contribution in [0.5, 0.6) is 0 Å². The van der Waals surface area contributed by atoms with Gasteiger partial charge in [0.1, 0.15) is 12.7 Å². The van der Waals surface area contributed by atoms with Crippen molar-refractivity contribution in [2.24, 2.45) is 10.9 Å². The van der Waals surface area contributed by atoms with Crippen molar-refractivity contribution in [2.45, 2.75) is 26.5 Å². The molecule has 1 aromatic heterocycles. The van der Waals surface area contributed by atoms with Crippen LogP contribution in [0.3, 0.4) is 0 Å². The molecule has 2 N–H and O–H groups in total. The average molecular weight is 336 g/mol. The van der Waals surface area contributed by atoms with Crippen molar-refractivity contribution < 1.29 is 14.4 Å². The highest BCUT2D eigenvalue weighted by atomic mass is 32.1. The van der Waals surface area contributed by atoms with Gasteiger partial charge in [-0.15, -0.1) is 0 Å². The third kappa shape index (κ3) is 2.91. The van der Waals surface area contributed by atoms with Gasteiger partial charge in [-0.05, 0) is 32.0 Å². The Morgan fingerprint density at radius 2 is 2.30 bits per heavy atom. The molecule has 1 unspecified atom stereocenters. The summed E-state index contributed by atoms with van der Waals surface area (Å²) in [7, 11) is 0. The number of aryl methyl sites for hydroxylation is 1. The minimum atomic E-state index is -0.348. The summed E-state index contributed by atoms with van der Waals surface area (Å²) in [4.78, 5) is 19.6. The molecule has 3 rings (SSSR count). The Hall–Kier alpha value is -2.06. The van der Waals surface area contributed by atoms with E-state index in [1.807, 2.05) is 25.1 Å². The fraction of sp³-hybridized carbons (Fsp3) is 0.467. The van der Waals surface area contributed by atoms with Gasteiger partial charge in [0.05, 0.1) is 16.8 Å². The predicted octanol–water partition coefficient (Wildman–Crippen LogP) is 1.86. The number of aromatic nitrogens is 1. The number of nitrogens with zero attached hydrogens (tertiary/aromatic N) is 3. The molecule has 0 saturated carbocycles. The van der Waals surface area contributed by atoms with Crippen LogP contribution >= 0.6 is 11.3 Å². The van der Waals surface area contributed by atoms with Crippen molar-refractivity contribution >= 4 is 33.3 Å². The van der Waals surface area contributed by atoms with Crippen molar-refractivity contribution in [3.63, 3.8) is 0 Å². The highest BCUT2D eigenvalue weighted by Gasteiger charge is 2.31. The molecule has 2 aromatic rings. The number of hydrogen-bond donors (Lipinski definition) is 1. The van der Waals surface area contributed by atoms with E-state index in [4.69, 9.17) is 15.3 Å². The quantitative estimate of drug-likeness (QED) is 0.845. The maximum Gasteiger partial charge on any atom is 0.414 e. The number of fused-ring (bicyclic) bond motifs is 1. The minimum Gasteiger partial charge on any atom is -0.443 e. The monoisotopic (exact) mass is 336 g/mol. The standard InChI is InChI=1S/C15H20N4O3S/c1-3-18-12-6-5-10(19-9-11(8-16)22-15(19)20)7-13(12)23-14(18)17-21-4-2/h5-7,11H,3-4,8-9,16H2,1-2H3. The summed E-state index contributed by atoms with van der Waals surface area (Å²) in [6, 6.07) is 5.90. The van der Waals surface area contributed by atoms with Crippen molar-refractivity contribution in [1.29, 1.82) is 0 Å². The SMILES string of the molecule is CCON=c1sc2cc(N3CC(CN)OC3=O)ccc2n1CC. The Bertz CT molecular complexity index is 783. The van der Waals surface area contributed by atoms with Gasteiger partial charge in [-0.3, -0.25) is 4.90 Å². The molecule has 1 fully saturated rings. The minimum absolute atomic E-state index is 0.245. The van der Waals surface area contributed by atoms with Gasteiger partial charge in [0.15, 0.2) is 0 Å². The number of thiazole rings is 1. The van der Waals surface area contributed by atoms with Crippen LogP contribution in [-0.2, 0) is 16.1 Å². The second-order valence-corrected chi connectivity index (χ2v) is 6.15. The van der Waals surface area contributed by atoms with Crippen molar-refractivity contribution in [3.05, 3.63) is 23.0 Å². The van der Waals surface area contributed by atoms with E-state index in [1.54, 1.807) is 4.90 Å². The second-order valence-electron chi connectivity index (χ2n) is 5.14. The summed E-state index contributed by atoms with van der Waals surface area (Å²) in [6.45, 7) is 6.11. The fourth-order valence-corrected chi connectivity index (χ4v) is 3.67. The number of cyclic esters (lactones) is 1. The molecule has 0 radical (unpaired) electrons. The van der Waals surface area contributed by atoms with Crippen LogP contribution in [0.4, 0.5) is 10.5 Å². The molecular formula is C15H20N4O3S. The highest BCUT2D eigenvalue weighted by molar-refractivity contribution is 7.16. The number of carbonyl (C=O) groups is 1. The van der Waals surface area contributed by atoms with Crippen LogP contribution in [0.2, 0.25) is 0 Å². The number of benzene rings is 1. The first kappa shape index (κ1) is 15.8. The van der Waals surface area contributed by atoms with E-state index in [-0.39, 0.29) is 12.2 Å². The first-order chi connectivity index (χ1) is 11.2. The van der Waals surface area contributed by atoms with Gasteiger partial charge >= 0.3 is 6.09 Å². The Morgan fingerprint density at radius 3 is 2.96 bits per heavy atom. The number of carbonyl (C=O) groups excluding carboxylic acids is 1. The van der Waals surface area contributed by atoms with Gasteiger partial charge in [0.25, 0.3) is 0 Å². The molecule has 7 nitrogen and oxygen atoms in total. The van der Waals surface area contributed by atoms with E-state index in [2.05, 4.69) is 16.6 Å². The molecular weight excluding hydrogens is 316 g/mol. The fourth-order valence-electron chi connectivity index (χ4n) is 2.58. The maximum atomic E-state index is 12.0. The number of nitrogens with two attached hydrogens (primary N) is 1. The van der Waals surface area contributed by atoms with Crippen LogP contribution in [-0.4, -0.2) is 36.5 Å². The van der Waals surface area contributed by atoms with Crippen LogP contribution in [0.15, 0.2) is 23.4 Å². The molecule has 1 atom stereocenters. The number of hydrogen-bond acceptors (Lipinski definition) is 6. The molecule has 2 heterocycles. The molecule has 23 heavy (non-hydrogen) atoms. The van der Waals surface area contributed by atoms with Crippen LogP contribution in [0.25, 0.3) is 10.2 Å². The number of amides is 1. The van der Waals surface area contributed by atoms with Gasteiger partial charge in [0, 0.05) is 18.8 Å². The second kappa shape index (κ2) is 6.59. The Kier molecular flexibility index (Phi) is 4.53. The highest BCUT2D eigenvalue weighted by Crippen LogP contribution is 2.27. The van der Waals surface area contributed by atoms with Gasteiger partial charge in [-0.25, -0.2) is 4.79 Å². The largest absolute Gasteiger partial charge is 0.443 e. The Labute approximate surface area is 137 Å². The normalized spacial score (nSPS) is 18.7. The van der Waals surface area contributed by atoms with E-state index >= 15 is 0 Å². The molecule has 0 spiro atoms. The van der Waals surface area contributed by atoms with Crippen molar-refractivity contribution in [2.75, 3.05) is 24.6 Å². The molecule has 1 aliphatic rings. The van der Waals surface area contributed by atoms with E-state index in [0.29, 0.717) is 19.7 Å². The van der Waals surface area contributed by atoms with E-state index in [1.165, 1.54) is 11.3 Å². The predicted molar refractivity (Wildman–Crippen MR) is 89.3 cm³/mol. The maximum absolute atomic E-state index is 12.0. The van der Waals surface area contributed by atoms with Crippen LogP contribution in [0.1, 0.15) is 13.8 Å². The number of rotatable bonds is 5. The van der Waals surface area contributed by atoms with Crippen LogP contribution < -0.4 is 15.4 Å². The summed E-state index contributed by atoms with van der Waals surface area (Å²) in [5.41, 5.74) is 7.47. The first-order valence-corrected chi connectivity index (χ1v) is 8.47. The lowest BCUT2D eigenvalue weighted by molar-refractivity contribution is 0.145. The molecule has 0 bridgehead atoms. The van der Waals surface area contributed by atoms with E-state index < -0.39 is 0 Å². The van der Waals surface area contributed by atoms with Gasteiger partial charge in [-0.1, -0.05) is 16.5 Å². The third-order valence-corrected chi connectivity index (χ3v) is 4.73. The summed E-state index contributed by atoms with van der Waals surface area (Å²) in [5.74, 6) is 0. The molecule has 8 heteroatoms. The molecule has 1 saturated heterocycles. The van der Waals surface area contributed by atoms with Gasteiger partial charge < -0.3 is 19.9 Å². The Balaban J connectivity index is 2.01. The lowest BCUT2D eigenvalue weighted by Gasteiger charge is -2.13. The Morgan fingerprint density at radius 1 is 1.48 bits per heavy atom. The van der Waals surface area contributed by atoms with E-state index in [0.717, 1.165) is 27.3 Å². The molecule has 1 aromatic carbocycles. The van der Waals surface area contributed by atoms with Gasteiger partial charge in [-0.2, -0.15) is 0 Å². The van der Waals surface area contributed by atoms with Crippen molar-refractivity contribution in [1.82, 2.24) is 4.57 Å². The van der Waals surface area contributed by atoms with Crippen LogP contribution in [0, 0.1) is 0 Å². The zero-order valence-electron chi connectivity index (χ0n) is 13.2. The van der Waals surface area contributed by atoms with Gasteiger partial charge in [0.2, 0.25) is 4.80 Å². The third-order valence-electron chi connectivity index (χ3n) is 3.70. The average Bonchev–Trinajstić information content (AvgIpc) is 3.11. The molecule has 124 valence electrons. The summed E-state index contributed by atoms with van der Waals surface area (Å²) >= 11 is 1.54. The first-order valence-electron chi connectivity index (χ1n) is 7.65. The summed E-state index contributed by atoms with van der Waals surface area (Å²) in [6.07, 6.45) is -0.593. The topological polar surface area (TPSA) is 82.1 Å². The van der Waals surface area contributed by atoms with E-state index in [9.17, 15) is 4.79 Å². The lowest BCUT2D eigenvalue weighted by Crippen LogP contribution is -2.27. The number of anilines is 1. The van der Waals surface area contributed by atoms with Crippen molar-refractivity contribution in [3.8, 4) is 0 Å². The number of ether oxygens (including phenoxy) is 1. The molecule has 1 amide bonds. The zero-order chi connectivity index (χ0) is 16.4. The summed E-state index contributed by atoms with van der Waals surface area (Å²) < 4.78 is 8.35. The molecule has 1 aliphatic heterocycles. The zero-order valence-corrected chi connectivity index (χ0v) is 14.0. The molecule has 0 aliphatic carbocycles. The summed E-state index contributed by atoms with van der Waals surface area (Å²) in [5, 5.41) is 4.16. The lowest BCUT2D eigenvalue weighted by atomic mass is 10.2.